The van der Waals surface area contributed by atoms with Gasteiger partial charge in [-0.05, 0) is 11.5 Å². The molecule has 6 heteroatoms. The molecule has 1 heterocycles. The van der Waals surface area contributed by atoms with Crippen LogP contribution in [0.1, 0.15) is 11.8 Å². The van der Waals surface area contributed by atoms with Crippen LogP contribution >= 0.6 is 34.7 Å². The van der Waals surface area contributed by atoms with E-state index < -0.39 is 0 Å². The number of carbonyl (C=O) groups excluding carboxylic acids is 1. The van der Waals surface area contributed by atoms with Crippen molar-refractivity contribution in [1.82, 2.24) is 4.37 Å². The molecule has 0 saturated carbocycles. The van der Waals surface area contributed by atoms with Gasteiger partial charge in [-0.15, -0.1) is 0 Å². The van der Waals surface area contributed by atoms with Crippen LogP contribution in [-0.2, 0) is 16.1 Å². The van der Waals surface area contributed by atoms with Gasteiger partial charge in [-0.1, -0.05) is 23.2 Å². The van der Waals surface area contributed by atoms with Crippen LogP contribution in [-0.4, -0.2) is 10.3 Å². The van der Waals surface area contributed by atoms with Crippen LogP contribution < -0.4 is 0 Å². The molecule has 0 aliphatic rings. The Morgan fingerprint density at radius 1 is 1.67 bits per heavy atom. The highest BCUT2D eigenvalue weighted by molar-refractivity contribution is 7.06. The van der Waals surface area contributed by atoms with E-state index >= 15 is 0 Å². The number of nitrogens with zero attached hydrogens (tertiary/aromatic N) is 1. The van der Waals surface area contributed by atoms with Crippen molar-refractivity contribution < 1.29 is 9.53 Å². The third-order valence-corrected chi connectivity index (χ3v) is 2.87. The molecule has 0 aliphatic heterocycles. The molecule has 0 spiro atoms. The number of carbonyl (C=O) groups is 1. The minimum Gasteiger partial charge on any atom is -0.460 e. The van der Waals surface area contributed by atoms with E-state index in [0.29, 0.717) is 9.90 Å². The molecule has 3 nitrogen and oxygen atoms in total. The third kappa shape index (κ3) is 2.33. The minimum absolute atomic E-state index is 0.137. The van der Waals surface area contributed by atoms with Gasteiger partial charge in [0.1, 0.15) is 6.61 Å². The van der Waals surface area contributed by atoms with Gasteiger partial charge >= 0.3 is 5.97 Å². The Labute approximate surface area is 83.4 Å². The highest BCUT2D eigenvalue weighted by Crippen LogP contribution is 2.28. The molecular formula is C6H5Cl2NO2S. The van der Waals surface area contributed by atoms with Crippen LogP contribution in [0.2, 0.25) is 10.2 Å². The fourth-order valence-corrected chi connectivity index (χ4v) is 1.64. The van der Waals surface area contributed by atoms with Crippen molar-refractivity contribution in [3.8, 4) is 0 Å². The van der Waals surface area contributed by atoms with Crippen molar-refractivity contribution >= 4 is 40.7 Å². The Balaban J connectivity index is 2.63. The molecule has 0 fully saturated rings. The van der Waals surface area contributed by atoms with Gasteiger partial charge < -0.3 is 4.74 Å². The molecule has 0 saturated heterocycles. The fourth-order valence-electron chi connectivity index (χ4n) is 0.547. The molecule has 0 radical (unpaired) electrons. The van der Waals surface area contributed by atoms with Crippen LogP contribution in [0.4, 0.5) is 0 Å². The van der Waals surface area contributed by atoms with Gasteiger partial charge in [0.15, 0.2) is 5.15 Å². The van der Waals surface area contributed by atoms with Gasteiger partial charge in [-0.25, -0.2) is 0 Å². The lowest BCUT2D eigenvalue weighted by Gasteiger charge is -1.97. The molecule has 0 bridgehead atoms. The van der Waals surface area contributed by atoms with Crippen molar-refractivity contribution in [2.75, 3.05) is 0 Å². The number of hydrogen-bond acceptors (Lipinski definition) is 4. The van der Waals surface area contributed by atoms with E-state index in [1.807, 2.05) is 0 Å². The third-order valence-electron chi connectivity index (χ3n) is 1.07. The van der Waals surface area contributed by atoms with E-state index in [2.05, 4.69) is 4.37 Å². The van der Waals surface area contributed by atoms with Crippen molar-refractivity contribution in [1.29, 1.82) is 0 Å². The quantitative estimate of drug-likeness (QED) is 0.727. The number of rotatable bonds is 2. The Bertz CT molecular complexity index is 300. The van der Waals surface area contributed by atoms with Gasteiger partial charge in [0.2, 0.25) is 0 Å². The Morgan fingerprint density at radius 2 is 2.33 bits per heavy atom. The van der Waals surface area contributed by atoms with E-state index in [0.717, 1.165) is 11.5 Å². The molecule has 1 rings (SSSR count). The van der Waals surface area contributed by atoms with E-state index in [9.17, 15) is 4.79 Å². The van der Waals surface area contributed by atoms with E-state index in [1.54, 1.807) is 0 Å². The highest BCUT2D eigenvalue weighted by Gasteiger charge is 2.10. The smallest absolute Gasteiger partial charge is 0.302 e. The first-order valence-corrected chi connectivity index (χ1v) is 4.57. The predicted octanol–water partition coefficient (Wildman–Crippen LogP) is 2.51. The van der Waals surface area contributed by atoms with E-state index in [-0.39, 0.29) is 17.7 Å². The molecule has 0 aromatic carbocycles. The lowest BCUT2D eigenvalue weighted by molar-refractivity contribution is -0.142. The zero-order valence-corrected chi connectivity index (χ0v) is 8.46. The summed E-state index contributed by atoms with van der Waals surface area (Å²) in [6, 6.07) is 0. The SMILES string of the molecule is CC(=O)OCc1snc(Cl)c1Cl. The summed E-state index contributed by atoms with van der Waals surface area (Å²) < 4.78 is 8.49. The summed E-state index contributed by atoms with van der Waals surface area (Å²) in [4.78, 5) is 11.1. The lowest BCUT2D eigenvalue weighted by Crippen LogP contribution is -1.97. The molecule has 1 aromatic rings. The Kier molecular flexibility index (Phi) is 3.31. The molecule has 0 N–H and O–H groups in total. The summed E-state index contributed by atoms with van der Waals surface area (Å²) in [6.07, 6.45) is 0. The van der Waals surface area contributed by atoms with Gasteiger partial charge in [-0.2, -0.15) is 4.37 Å². The first-order valence-electron chi connectivity index (χ1n) is 3.04. The molecule has 0 amide bonds. The summed E-state index contributed by atoms with van der Waals surface area (Å²) >= 11 is 12.4. The summed E-state index contributed by atoms with van der Waals surface area (Å²) in [5, 5.41) is 0.617. The van der Waals surface area contributed by atoms with Crippen LogP contribution in [0.3, 0.4) is 0 Å². The Hall–Kier alpha value is -0.320. The maximum absolute atomic E-state index is 10.4. The standard InChI is InChI=1S/C6H5Cl2NO2S/c1-3(10)11-2-4-5(7)6(8)9-12-4/h2H2,1H3. The predicted molar refractivity (Wildman–Crippen MR) is 47.6 cm³/mol. The zero-order chi connectivity index (χ0) is 9.14. The number of esters is 1. The fraction of sp³-hybridized carbons (Fsp3) is 0.333. The van der Waals surface area contributed by atoms with E-state index in [4.69, 9.17) is 27.9 Å². The molecule has 0 unspecified atom stereocenters. The highest BCUT2D eigenvalue weighted by atomic mass is 35.5. The molecule has 1 aromatic heterocycles. The molecule has 0 aliphatic carbocycles. The van der Waals surface area contributed by atoms with E-state index in [1.165, 1.54) is 6.92 Å². The van der Waals surface area contributed by atoms with Crippen LogP contribution in [0.25, 0.3) is 0 Å². The second-order valence-electron chi connectivity index (χ2n) is 1.99. The summed E-state index contributed by atoms with van der Waals surface area (Å²) in [7, 11) is 0. The topological polar surface area (TPSA) is 39.2 Å². The first kappa shape index (κ1) is 9.77. The van der Waals surface area contributed by atoms with Gasteiger partial charge in [0.05, 0.1) is 9.90 Å². The Morgan fingerprint density at radius 3 is 2.75 bits per heavy atom. The summed E-state index contributed by atoms with van der Waals surface area (Å²) in [5.74, 6) is -0.351. The molecule has 12 heavy (non-hydrogen) atoms. The van der Waals surface area contributed by atoms with Crippen LogP contribution in [0, 0.1) is 0 Å². The number of halogens is 2. The number of aromatic nitrogens is 1. The average Bonchev–Trinajstić information content (AvgIpc) is 2.30. The molecular weight excluding hydrogens is 221 g/mol. The van der Waals surface area contributed by atoms with Gasteiger partial charge in [0, 0.05) is 6.92 Å². The summed E-state index contributed by atoms with van der Waals surface area (Å²) in [6.45, 7) is 1.47. The zero-order valence-electron chi connectivity index (χ0n) is 6.13. The second-order valence-corrected chi connectivity index (χ2v) is 3.58. The maximum atomic E-state index is 10.4. The monoisotopic (exact) mass is 225 g/mol. The lowest BCUT2D eigenvalue weighted by atomic mass is 10.5. The average molecular weight is 226 g/mol. The molecule has 0 atom stereocenters. The maximum Gasteiger partial charge on any atom is 0.302 e. The van der Waals surface area contributed by atoms with Crippen molar-refractivity contribution in [2.24, 2.45) is 0 Å². The minimum atomic E-state index is -0.351. The van der Waals surface area contributed by atoms with Crippen LogP contribution in [0.5, 0.6) is 0 Å². The van der Waals surface area contributed by atoms with Gasteiger partial charge in [0.25, 0.3) is 0 Å². The van der Waals surface area contributed by atoms with Crippen LogP contribution in [0.15, 0.2) is 0 Å². The molecule has 66 valence electrons. The normalized spacial score (nSPS) is 9.92. The van der Waals surface area contributed by atoms with Crippen molar-refractivity contribution in [3.05, 3.63) is 15.1 Å². The largest absolute Gasteiger partial charge is 0.460 e. The van der Waals surface area contributed by atoms with Crippen molar-refractivity contribution in [2.45, 2.75) is 13.5 Å². The second kappa shape index (κ2) is 4.07. The number of ether oxygens (including phenoxy) is 1. The summed E-state index contributed by atoms with van der Waals surface area (Å²) in [5.41, 5.74) is 0. The van der Waals surface area contributed by atoms with Crippen molar-refractivity contribution in [3.63, 3.8) is 0 Å². The number of hydrogen-bond donors (Lipinski definition) is 0. The first-order chi connectivity index (χ1) is 5.61. The van der Waals surface area contributed by atoms with Gasteiger partial charge in [-0.3, -0.25) is 4.79 Å².